The second-order valence-electron chi connectivity index (χ2n) is 15.2. The first-order chi connectivity index (χ1) is 24.8. The number of anilines is 1. The Labute approximate surface area is 309 Å². The number of aromatic nitrogens is 3. The quantitative estimate of drug-likeness (QED) is 0.181. The Hall–Kier alpha value is -3.75. The van der Waals surface area contributed by atoms with E-state index in [-0.39, 0.29) is 52.8 Å². The molecule has 4 saturated heterocycles. The summed E-state index contributed by atoms with van der Waals surface area (Å²) in [5, 5.41) is 17.8. The van der Waals surface area contributed by atoms with Gasteiger partial charge in [-0.2, -0.15) is 9.64 Å². The van der Waals surface area contributed by atoms with E-state index < -0.39 is 5.82 Å². The van der Waals surface area contributed by atoms with Gasteiger partial charge in [0.05, 0.1) is 51.6 Å². The summed E-state index contributed by atoms with van der Waals surface area (Å²) in [6, 6.07) is 12.3. The van der Waals surface area contributed by atoms with Crippen molar-refractivity contribution in [3.63, 3.8) is 0 Å². The lowest BCUT2D eigenvalue weighted by molar-refractivity contribution is -0.135. The van der Waals surface area contributed by atoms with Crippen LogP contribution in [0.2, 0.25) is 10.0 Å². The van der Waals surface area contributed by atoms with Crippen LogP contribution in [-0.4, -0.2) is 56.4 Å². The number of carbonyl (C=O) groups is 1. The fourth-order valence-electron chi connectivity index (χ4n) is 9.87. The van der Waals surface area contributed by atoms with Gasteiger partial charge in [0.25, 0.3) is 0 Å². The van der Waals surface area contributed by atoms with Crippen LogP contribution >= 0.6 is 34.7 Å². The molecule has 5 aromatic rings. The van der Waals surface area contributed by atoms with Gasteiger partial charge in [-0.15, -0.1) is 0 Å². The second-order valence-corrected chi connectivity index (χ2v) is 16.6. The minimum Gasteiger partial charge on any atom is -0.367 e. The van der Waals surface area contributed by atoms with Crippen LogP contribution in [0.4, 0.5) is 10.1 Å². The Kier molecular flexibility index (Phi) is 7.45. The molecule has 7 heterocycles. The maximum atomic E-state index is 17.3. The monoisotopic (exact) mass is 739 g/mol. The number of pyridine rings is 1. The molecule has 2 aliphatic carbocycles. The molecule has 6 aliphatic rings. The van der Waals surface area contributed by atoms with E-state index in [2.05, 4.69) is 41.6 Å². The predicted octanol–water partition coefficient (Wildman–Crippen LogP) is 8.24. The third kappa shape index (κ3) is 4.81. The number of likely N-dealkylation sites (tertiary alicyclic amines) is 1. The van der Waals surface area contributed by atoms with Crippen LogP contribution in [0.1, 0.15) is 61.1 Å². The number of carbonyl (C=O) groups excluding carboxylic acids is 1. The average Bonchev–Trinajstić information content (AvgIpc) is 3.56. The van der Waals surface area contributed by atoms with Crippen molar-refractivity contribution < 1.29 is 9.18 Å². The van der Waals surface area contributed by atoms with E-state index in [0.717, 1.165) is 78.7 Å². The van der Waals surface area contributed by atoms with Gasteiger partial charge in [-0.25, -0.2) is 9.37 Å². The molecular formula is C39H36Cl2FN7OS. The molecule has 0 unspecified atom stereocenters. The number of hydrogen-bond acceptors (Lipinski definition) is 7. The maximum absolute atomic E-state index is 17.3. The first-order valence-corrected chi connectivity index (χ1v) is 19.6. The highest BCUT2D eigenvalue weighted by Gasteiger charge is 2.55. The molecule has 6 atom stereocenters. The Bertz CT molecular complexity index is 2280. The maximum Gasteiger partial charge on any atom is 0.226 e. The van der Waals surface area contributed by atoms with Crippen molar-refractivity contribution >= 4 is 68.1 Å². The van der Waals surface area contributed by atoms with Crippen molar-refractivity contribution in [3.8, 4) is 17.2 Å². The summed E-state index contributed by atoms with van der Waals surface area (Å²) in [6.45, 7) is 4.55. The van der Waals surface area contributed by atoms with Crippen molar-refractivity contribution in [1.29, 1.82) is 5.26 Å². The Morgan fingerprint density at radius 2 is 2.02 bits per heavy atom. The zero-order chi connectivity index (χ0) is 34.7. The van der Waals surface area contributed by atoms with Crippen LogP contribution in [0.5, 0.6) is 0 Å². The lowest BCUT2D eigenvalue weighted by Gasteiger charge is -2.40. The van der Waals surface area contributed by atoms with E-state index in [1.807, 2.05) is 19.2 Å². The number of amides is 1. The molecular weight excluding hydrogens is 704 g/mol. The largest absolute Gasteiger partial charge is 0.367 e. The van der Waals surface area contributed by atoms with Crippen molar-refractivity contribution in [3.05, 3.63) is 74.7 Å². The summed E-state index contributed by atoms with van der Waals surface area (Å²) in [7, 11) is 0. The van der Waals surface area contributed by atoms with E-state index >= 15 is 4.39 Å². The van der Waals surface area contributed by atoms with Gasteiger partial charge in [0.1, 0.15) is 5.52 Å². The molecule has 3 aromatic heterocycles. The molecule has 2 aromatic carbocycles. The molecule has 6 fully saturated rings. The summed E-state index contributed by atoms with van der Waals surface area (Å²) in [5.74, 6) is 0.596. The SMILES string of the molecule is Cc1nc2c(F)c(-c3cccc(Cl)c3Cl)c(CCC#N)cc2c2c1cc([C@H]1[C@H]3C[C@H](CN(c4cnsc4)C3)N1C(=O)C1CC1)n2[C@H]1[C@H]2CN[C@@H]1C2. The van der Waals surface area contributed by atoms with Crippen molar-refractivity contribution in [2.75, 3.05) is 24.5 Å². The third-order valence-corrected chi connectivity index (χ3v) is 13.7. The smallest absolute Gasteiger partial charge is 0.226 e. The zero-order valence-electron chi connectivity index (χ0n) is 28.1. The Balaban J connectivity index is 1.23. The minimum absolute atomic E-state index is 0.0975. The first-order valence-electron chi connectivity index (χ1n) is 18.0. The van der Waals surface area contributed by atoms with Gasteiger partial charge in [0, 0.05) is 82.6 Å². The summed E-state index contributed by atoms with van der Waals surface area (Å²) in [5.41, 5.74) is 5.79. The second kappa shape index (κ2) is 11.9. The van der Waals surface area contributed by atoms with Crippen molar-refractivity contribution in [1.82, 2.24) is 24.1 Å². The molecule has 0 radical (unpaired) electrons. The fraction of sp³-hybridized carbons (Fsp3) is 0.436. The number of rotatable bonds is 7. The third-order valence-electron chi connectivity index (χ3n) is 12.3. The van der Waals surface area contributed by atoms with Crippen LogP contribution in [-0.2, 0) is 11.2 Å². The number of piperidine rings is 1. The highest BCUT2D eigenvalue weighted by atomic mass is 35.5. The van der Waals surface area contributed by atoms with Gasteiger partial charge in [-0.05, 0) is 80.2 Å². The lowest BCUT2D eigenvalue weighted by atomic mass is 9.79. The van der Waals surface area contributed by atoms with Gasteiger partial charge in [0.2, 0.25) is 5.91 Å². The van der Waals surface area contributed by atoms with Gasteiger partial charge < -0.3 is 19.7 Å². The summed E-state index contributed by atoms with van der Waals surface area (Å²) in [4.78, 5) is 23.9. The number of nitrogens with zero attached hydrogens (tertiary/aromatic N) is 6. The van der Waals surface area contributed by atoms with Crippen LogP contribution in [0.25, 0.3) is 32.9 Å². The molecule has 12 heteroatoms. The topological polar surface area (TPSA) is 90.1 Å². The Morgan fingerprint density at radius 1 is 1.16 bits per heavy atom. The minimum atomic E-state index is -0.458. The van der Waals surface area contributed by atoms with Gasteiger partial charge >= 0.3 is 0 Å². The molecule has 0 spiro atoms. The molecule has 1 N–H and O–H groups in total. The molecule has 2 saturated carbocycles. The molecule has 4 aliphatic heterocycles. The number of fused-ring (bicyclic) bond motifs is 6. The van der Waals surface area contributed by atoms with E-state index in [0.29, 0.717) is 40.1 Å². The average molecular weight is 741 g/mol. The highest BCUT2D eigenvalue weighted by Crippen LogP contribution is 2.54. The predicted molar refractivity (Wildman–Crippen MR) is 199 cm³/mol. The normalized spacial score (nSPS) is 26.6. The molecule has 51 heavy (non-hydrogen) atoms. The van der Waals surface area contributed by atoms with E-state index in [9.17, 15) is 10.1 Å². The number of halogens is 3. The number of nitrogens with one attached hydrogen (secondary N) is 1. The standard InChI is InChI=1S/C39H36Cl2FN7OS/c1-19-27-13-31(37-23-10-24(48(37)39(50)20-7-8-20)17-47(16-23)25-15-45-51-18-25)49(36-22-12-30(36)44-14-22)38(27)28-11-21(4-3-9-43)32(34(42)35(28)46-19)26-5-2-6-29(40)33(26)41/h2,5-6,11,13,15,18,20,22-24,30,36-37,44H,3-4,7-8,10,12,14,16-17H2,1H3/t22-,23+,24-,30-,36+,37-/m1/s1. The Morgan fingerprint density at radius 3 is 2.75 bits per heavy atom. The van der Waals surface area contributed by atoms with Crippen LogP contribution in [0.15, 0.2) is 41.9 Å². The molecule has 260 valence electrons. The number of aryl methyl sites for hydroxylation is 2. The summed E-state index contributed by atoms with van der Waals surface area (Å²) in [6.07, 6.45) is 6.49. The number of hydrogen-bond donors (Lipinski definition) is 1. The molecule has 4 bridgehead atoms. The number of nitriles is 1. The van der Waals surface area contributed by atoms with E-state index in [1.165, 1.54) is 11.5 Å². The van der Waals surface area contributed by atoms with Crippen molar-refractivity contribution in [2.45, 2.75) is 69.6 Å². The van der Waals surface area contributed by atoms with E-state index in [1.54, 1.807) is 18.2 Å². The van der Waals surface area contributed by atoms with Crippen LogP contribution in [0, 0.1) is 41.8 Å². The summed E-state index contributed by atoms with van der Waals surface area (Å²) < 4.78 is 24.1. The highest BCUT2D eigenvalue weighted by molar-refractivity contribution is 7.04. The summed E-state index contributed by atoms with van der Waals surface area (Å²) >= 11 is 14.6. The molecule has 8 nitrogen and oxygen atoms in total. The number of benzene rings is 2. The van der Waals surface area contributed by atoms with E-state index in [4.69, 9.17) is 28.2 Å². The molecule has 11 rings (SSSR count). The fourth-order valence-corrected chi connectivity index (χ4v) is 10.8. The van der Waals surface area contributed by atoms with Crippen LogP contribution < -0.4 is 10.2 Å². The lowest BCUT2D eigenvalue weighted by Crippen LogP contribution is -2.45. The first kappa shape index (κ1) is 31.9. The van der Waals surface area contributed by atoms with Crippen molar-refractivity contribution in [2.24, 2.45) is 17.8 Å². The zero-order valence-corrected chi connectivity index (χ0v) is 30.4. The molecule has 1 amide bonds. The van der Waals surface area contributed by atoms with Gasteiger partial charge in [0.15, 0.2) is 5.82 Å². The van der Waals surface area contributed by atoms with Gasteiger partial charge in [-0.1, -0.05) is 35.3 Å². The van der Waals surface area contributed by atoms with Crippen LogP contribution in [0.3, 0.4) is 0 Å². The van der Waals surface area contributed by atoms with Gasteiger partial charge in [-0.3, -0.25) is 4.79 Å².